The van der Waals surface area contributed by atoms with Gasteiger partial charge in [-0.1, -0.05) is 30.3 Å². The minimum Gasteiger partial charge on any atom is -0.493 e. The van der Waals surface area contributed by atoms with E-state index in [1.54, 1.807) is 74.9 Å². The Morgan fingerprint density at radius 2 is 1.62 bits per heavy atom. The maximum atomic E-state index is 13.2. The molecule has 2 N–H and O–H groups in total. The highest BCUT2D eigenvalue weighted by Gasteiger charge is 2.25. The highest BCUT2D eigenvalue weighted by molar-refractivity contribution is 6.07. The summed E-state index contributed by atoms with van der Waals surface area (Å²) in [7, 11) is 3.10. The van der Waals surface area contributed by atoms with Gasteiger partial charge in [0.2, 0.25) is 0 Å². The number of aromatic nitrogens is 1. The van der Waals surface area contributed by atoms with Crippen LogP contribution in [0, 0.1) is 0 Å². The van der Waals surface area contributed by atoms with Crippen LogP contribution in [0.25, 0.3) is 22.2 Å². The predicted molar refractivity (Wildman–Crippen MR) is 146 cm³/mol. The first-order chi connectivity index (χ1) is 19.0. The minimum absolute atomic E-state index is 0.182. The molecule has 1 saturated carbocycles. The number of carbonyl (C=O) groups excluding carboxylic acids is 3. The van der Waals surface area contributed by atoms with E-state index in [1.165, 1.54) is 0 Å². The second-order valence-electron chi connectivity index (χ2n) is 9.06. The van der Waals surface area contributed by atoms with Gasteiger partial charge in [-0.2, -0.15) is 0 Å². The van der Waals surface area contributed by atoms with Crippen LogP contribution < -0.4 is 20.1 Å². The Balaban J connectivity index is 1.34. The van der Waals surface area contributed by atoms with E-state index in [0.717, 1.165) is 12.8 Å². The first-order valence-corrected chi connectivity index (χ1v) is 12.5. The molecular weight excluding hydrogens is 498 g/mol. The van der Waals surface area contributed by atoms with Crippen LogP contribution in [0.15, 0.2) is 72.8 Å². The zero-order valence-electron chi connectivity index (χ0n) is 21.5. The van der Waals surface area contributed by atoms with E-state index in [-0.39, 0.29) is 17.5 Å². The van der Waals surface area contributed by atoms with Crippen LogP contribution in [0.1, 0.15) is 33.6 Å². The number of carbonyl (C=O) groups is 3. The number of anilines is 1. The third-order valence-electron chi connectivity index (χ3n) is 6.31. The summed E-state index contributed by atoms with van der Waals surface area (Å²) in [5, 5.41) is 6.18. The Labute approximate surface area is 225 Å². The largest absolute Gasteiger partial charge is 0.493 e. The van der Waals surface area contributed by atoms with Crippen LogP contribution in [0.4, 0.5) is 5.69 Å². The quantitative estimate of drug-likeness (QED) is 0.307. The molecule has 1 aliphatic rings. The monoisotopic (exact) mass is 525 g/mol. The Morgan fingerprint density at radius 1 is 0.872 bits per heavy atom. The molecule has 1 aromatic heterocycles. The van der Waals surface area contributed by atoms with Crippen molar-refractivity contribution in [1.82, 2.24) is 10.3 Å². The van der Waals surface area contributed by atoms with Crippen molar-refractivity contribution in [2.45, 2.75) is 18.9 Å². The summed E-state index contributed by atoms with van der Waals surface area (Å²) >= 11 is 0. The van der Waals surface area contributed by atoms with Crippen LogP contribution >= 0.6 is 0 Å². The van der Waals surface area contributed by atoms with E-state index in [1.807, 2.05) is 12.1 Å². The van der Waals surface area contributed by atoms with Crippen molar-refractivity contribution in [3.8, 4) is 22.8 Å². The molecule has 0 aliphatic heterocycles. The molecule has 9 heteroatoms. The molecule has 9 nitrogen and oxygen atoms in total. The minimum atomic E-state index is -0.676. The number of rotatable bonds is 9. The Morgan fingerprint density at radius 3 is 2.38 bits per heavy atom. The molecule has 0 atom stereocenters. The number of nitrogens with zero attached hydrogens (tertiary/aromatic N) is 1. The number of ether oxygens (including phenoxy) is 3. The van der Waals surface area contributed by atoms with Gasteiger partial charge >= 0.3 is 5.97 Å². The topological polar surface area (TPSA) is 116 Å². The van der Waals surface area contributed by atoms with Gasteiger partial charge in [0.05, 0.1) is 42.2 Å². The number of hydrogen-bond acceptors (Lipinski definition) is 7. The summed E-state index contributed by atoms with van der Waals surface area (Å²) in [5.74, 6) is -0.397. The Hall–Kier alpha value is -4.92. The standard InChI is InChI=1S/C30H27N3O6/c1-37-26-14-11-18(15-27(26)38-2)25-16-22(20-7-3-5-9-23(20)32-25)30(36)39-17-28(34)33-24-10-6-4-8-21(24)29(35)31-19-12-13-19/h3-11,14-16,19H,12-13,17H2,1-2H3,(H,31,35)(H,33,34). The summed E-state index contributed by atoms with van der Waals surface area (Å²) in [4.78, 5) is 43.1. The van der Waals surface area contributed by atoms with Gasteiger partial charge in [-0.3, -0.25) is 9.59 Å². The average Bonchev–Trinajstić information content (AvgIpc) is 3.79. The van der Waals surface area contributed by atoms with Crippen molar-refractivity contribution in [1.29, 1.82) is 0 Å². The summed E-state index contributed by atoms with van der Waals surface area (Å²) in [5.41, 5.74) is 2.80. The lowest BCUT2D eigenvalue weighted by atomic mass is 10.0. The van der Waals surface area contributed by atoms with E-state index in [0.29, 0.717) is 44.9 Å². The molecule has 0 unspecified atom stereocenters. The molecule has 1 aliphatic carbocycles. The van der Waals surface area contributed by atoms with E-state index in [9.17, 15) is 14.4 Å². The van der Waals surface area contributed by atoms with Crippen molar-refractivity contribution in [2.75, 3.05) is 26.1 Å². The third kappa shape index (κ3) is 5.82. The van der Waals surface area contributed by atoms with Gasteiger partial charge < -0.3 is 24.8 Å². The number of esters is 1. The lowest BCUT2D eigenvalue weighted by Gasteiger charge is -2.13. The maximum Gasteiger partial charge on any atom is 0.339 e. The molecule has 0 saturated heterocycles. The van der Waals surface area contributed by atoms with Crippen molar-refractivity contribution in [3.05, 3.63) is 83.9 Å². The first kappa shape index (κ1) is 25.7. The number of benzene rings is 3. The van der Waals surface area contributed by atoms with Gasteiger partial charge in [0.15, 0.2) is 18.1 Å². The SMILES string of the molecule is COc1ccc(-c2cc(C(=O)OCC(=O)Nc3ccccc3C(=O)NC3CC3)c3ccccc3n2)cc1OC. The molecule has 4 aromatic rings. The molecule has 198 valence electrons. The summed E-state index contributed by atoms with van der Waals surface area (Å²) in [6, 6.07) is 21.1. The molecule has 0 bridgehead atoms. The van der Waals surface area contributed by atoms with Crippen LogP contribution in [0.5, 0.6) is 11.5 Å². The van der Waals surface area contributed by atoms with Crippen LogP contribution in [-0.2, 0) is 9.53 Å². The molecule has 0 spiro atoms. The fourth-order valence-corrected chi connectivity index (χ4v) is 4.16. The van der Waals surface area contributed by atoms with Gasteiger partial charge in [0.1, 0.15) is 0 Å². The fourth-order valence-electron chi connectivity index (χ4n) is 4.16. The second kappa shape index (κ2) is 11.2. The predicted octanol–water partition coefficient (Wildman–Crippen LogP) is 4.61. The molecule has 5 rings (SSSR count). The lowest BCUT2D eigenvalue weighted by molar-refractivity contribution is -0.119. The zero-order chi connectivity index (χ0) is 27.4. The van der Waals surface area contributed by atoms with Gasteiger partial charge in [-0.05, 0) is 55.3 Å². The van der Waals surface area contributed by atoms with Crippen LogP contribution in [0.2, 0.25) is 0 Å². The van der Waals surface area contributed by atoms with Crippen LogP contribution in [-0.4, -0.2) is 49.6 Å². The zero-order valence-corrected chi connectivity index (χ0v) is 21.5. The third-order valence-corrected chi connectivity index (χ3v) is 6.31. The second-order valence-corrected chi connectivity index (χ2v) is 9.06. The molecule has 0 radical (unpaired) electrons. The van der Waals surface area contributed by atoms with Crippen LogP contribution in [0.3, 0.4) is 0 Å². The Kier molecular flexibility index (Phi) is 7.40. The molecule has 1 fully saturated rings. The van der Waals surface area contributed by atoms with E-state index >= 15 is 0 Å². The highest BCUT2D eigenvalue weighted by atomic mass is 16.5. The Bertz CT molecular complexity index is 1560. The number of methoxy groups -OCH3 is 2. The fraction of sp³-hybridized carbons (Fsp3) is 0.200. The normalized spacial score (nSPS) is 12.5. The van der Waals surface area contributed by atoms with Crippen molar-refractivity contribution in [2.24, 2.45) is 0 Å². The number of nitrogens with one attached hydrogen (secondary N) is 2. The van der Waals surface area contributed by atoms with Gasteiger partial charge in [-0.15, -0.1) is 0 Å². The van der Waals surface area contributed by atoms with E-state index < -0.39 is 18.5 Å². The smallest absolute Gasteiger partial charge is 0.339 e. The molecule has 2 amide bonds. The lowest BCUT2D eigenvalue weighted by Crippen LogP contribution is -2.28. The molecular formula is C30H27N3O6. The summed E-state index contributed by atoms with van der Waals surface area (Å²) in [6.07, 6.45) is 1.90. The van der Waals surface area contributed by atoms with Gasteiger partial charge in [0.25, 0.3) is 11.8 Å². The summed E-state index contributed by atoms with van der Waals surface area (Å²) in [6.45, 7) is -0.528. The number of fused-ring (bicyclic) bond motifs is 1. The number of para-hydroxylation sites is 2. The molecule has 3 aromatic carbocycles. The van der Waals surface area contributed by atoms with Crippen molar-refractivity contribution >= 4 is 34.4 Å². The van der Waals surface area contributed by atoms with Gasteiger partial charge in [-0.25, -0.2) is 9.78 Å². The number of hydrogen-bond donors (Lipinski definition) is 2. The highest BCUT2D eigenvalue weighted by Crippen LogP contribution is 2.33. The van der Waals surface area contributed by atoms with Crippen molar-refractivity contribution in [3.63, 3.8) is 0 Å². The average molecular weight is 526 g/mol. The van der Waals surface area contributed by atoms with Crippen molar-refractivity contribution < 1.29 is 28.6 Å². The summed E-state index contributed by atoms with van der Waals surface area (Å²) < 4.78 is 16.1. The number of pyridine rings is 1. The van der Waals surface area contributed by atoms with E-state index in [4.69, 9.17) is 19.2 Å². The molecule has 39 heavy (non-hydrogen) atoms. The van der Waals surface area contributed by atoms with Gasteiger partial charge in [0, 0.05) is 17.0 Å². The van der Waals surface area contributed by atoms with E-state index in [2.05, 4.69) is 10.6 Å². The molecule has 1 heterocycles. The first-order valence-electron chi connectivity index (χ1n) is 12.5. The number of amides is 2. The maximum absolute atomic E-state index is 13.2.